The van der Waals surface area contributed by atoms with Gasteiger partial charge in [0.1, 0.15) is 12.2 Å². The molecule has 0 rings (SSSR count). The van der Waals surface area contributed by atoms with Crippen molar-refractivity contribution in [2.45, 2.75) is 111 Å². The van der Waals surface area contributed by atoms with Gasteiger partial charge in [-0.2, -0.15) is 0 Å². The fourth-order valence-corrected chi connectivity index (χ4v) is 3.20. The van der Waals surface area contributed by atoms with E-state index in [0.29, 0.717) is 11.8 Å². The van der Waals surface area contributed by atoms with Crippen molar-refractivity contribution in [1.29, 1.82) is 0 Å². The number of hydrogen-bond acceptors (Lipinski definition) is 3. The average Bonchev–Trinajstić information content (AvgIpc) is 2.56. The van der Waals surface area contributed by atoms with Crippen molar-refractivity contribution in [3.63, 3.8) is 0 Å². The molecule has 0 bridgehead atoms. The van der Waals surface area contributed by atoms with Crippen LogP contribution in [0, 0.1) is 11.8 Å². The molecule has 25 heavy (non-hydrogen) atoms. The van der Waals surface area contributed by atoms with E-state index in [1.54, 1.807) is 0 Å². The quantitative estimate of drug-likeness (QED) is 0.176. The van der Waals surface area contributed by atoms with Gasteiger partial charge < -0.3 is 9.47 Å². The summed E-state index contributed by atoms with van der Waals surface area (Å²) in [6, 6.07) is 0. The largest absolute Gasteiger partial charge is 0.508 e. The topological polar surface area (TPSA) is 35.5 Å². The van der Waals surface area contributed by atoms with Crippen LogP contribution >= 0.6 is 0 Å². The Bertz CT molecular complexity index is 340. The number of carbonyl (C=O) groups excluding carboxylic acids is 1. The minimum absolute atomic E-state index is 0.0748. The van der Waals surface area contributed by atoms with Crippen LogP contribution < -0.4 is 0 Å². The van der Waals surface area contributed by atoms with E-state index in [0.717, 1.165) is 19.3 Å². The Morgan fingerprint density at radius 1 is 0.920 bits per heavy atom. The number of unbranched alkanes of at least 4 members (excludes halogenated alkanes) is 5. The number of carbonyl (C=O) groups is 1. The van der Waals surface area contributed by atoms with Gasteiger partial charge in [-0.05, 0) is 44.9 Å². The zero-order chi connectivity index (χ0) is 19.1. The molecular formula is C22H42O3. The van der Waals surface area contributed by atoms with Gasteiger partial charge in [0.15, 0.2) is 0 Å². The lowest BCUT2D eigenvalue weighted by Gasteiger charge is -2.25. The molecule has 4 unspecified atom stereocenters. The van der Waals surface area contributed by atoms with Crippen LogP contribution in [0.5, 0.6) is 0 Å². The lowest BCUT2D eigenvalue weighted by atomic mass is 9.91. The molecule has 0 fully saturated rings. The summed E-state index contributed by atoms with van der Waals surface area (Å²) in [7, 11) is 0. The van der Waals surface area contributed by atoms with Crippen LogP contribution in [0.2, 0.25) is 0 Å². The van der Waals surface area contributed by atoms with Gasteiger partial charge in [0.25, 0.3) is 0 Å². The van der Waals surface area contributed by atoms with Crippen molar-refractivity contribution in [3.8, 4) is 0 Å². The third-order valence-electron chi connectivity index (χ3n) is 4.96. The van der Waals surface area contributed by atoms with Crippen molar-refractivity contribution >= 4 is 6.16 Å². The molecule has 148 valence electrons. The molecule has 0 spiro atoms. The minimum atomic E-state index is -0.524. The highest BCUT2D eigenvalue weighted by molar-refractivity contribution is 5.60. The van der Waals surface area contributed by atoms with Crippen LogP contribution in [0.15, 0.2) is 12.7 Å². The summed E-state index contributed by atoms with van der Waals surface area (Å²) in [6.45, 7) is 14.2. The summed E-state index contributed by atoms with van der Waals surface area (Å²) in [6.07, 6.45) is 13.0. The molecule has 0 aliphatic heterocycles. The lowest BCUT2D eigenvalue weighted by molar-refractivity contribution is -0.0146. The normalized spacial score (nSPS) is 15.9. The van der Waals surface area contributed by atoms with Crippen LogP contribution in [0.1, 0.15) is 98.8 Å². The number of ether oxygens (including phenoxy) is 2. The Hall–Kier alpha value is -0.990. The van der Waals surface area contributed by atoms with E-state index < -0.39 is 6.16 Å². The number of rotatable bonds is 15. The first-order valence-corrected chi connectivity index (χ1v) is 10.4. The standard InChI is InChI=1S/C22H42O3/c1-7-10-12-13-14-16-21(15-11-8-2)20(6)25-22(23)24-19(5)17-18(4)9-3/h9,18-21H,3,7-8,10-17H2,1-2,4-6H3. The van der Waals surface area contributed by atoms with Gasteiger partial charge in [-0.25, -0.2) is 4.79 Å². The van der Waals surface area contributed by atoms with Crippen molar-refractivity contribution in [2.24, 2.45) is 11.8 Å². The molecule has 0 aromatic rings. The van der Waals surface area contributed by atoms with Gasteiger partial charge in [0.05, 0.1) is 0 Å². The maximum atomic E-state index is 12.1. The van der Waals surface area contributed by atoms with Crippen molar-refractivity contribution in [3.05, 3.63) is 12.7 Å². The van der Waals surface area contributed by atoms with Gasteiger partial charge in [-0.15, -0.1) is 6.58 Å². The molecule has 0 N–H and O–H groups in total. The predicted molar refractivity (Wildman–Crippen MR) is 107 cm³/mol. The molecule has 4 atom stereocenters. The molecule has 0 radical (unpaired) electrons. The van der Waals surface area contributed by atoms with E-state index in [9.17, 15) is 4.79 Å². The maximum absolute atomic E-state index is 12.1. The Morgan fingerprint density at radius 2 is 1.52 bits per heavy atom. The minimum Gasteiger partial charge on any atom is -0.431 e. The van der Waals surface area contributed by atoms with Crippen LogP contribution in [-0.4, -0.2) is 18.4 Å². The Morgan fingerprint density at radius 3 is 2.12 bits per heavy atom. The zero-order valence-electron chi connectivity index (χ0n) is 17.4. The van der Waals surface area contributed by atoms with E-state index in [4.69, 9.17) is 9.47 Å². The second-order valence-electron chi connectivity index (χ2n) is 7.56. The Balaban J connectivity index is 4.30. The van der Waals surface area contributed by atoms with Gasteiger partial charge in [-0.1, -0.05) is 71.8 Å². The van der Waals surface area contributed by atoms with Gasteiger partial charge >= 0.3 is 6.16 Å². The molecule has 0 aliphatic rings. The van der Waals surface area contributed by atoms with E-state index in [2.05, 4.69) is 27.4 Å². The monoisotopic (exact) mass is 354 g/mol. The van der Waals surface area contributed by atoms with Gasteiger partial charge in [-0.3, -0.25) is 0 Å². The molecule has 0 saturated carbocycles. The molecule has 0 aromatic carbocycles. The van der Waals surface area contributed by atoms with Crippen molar-refractivity contribution < 1.29 is 14.3 Å². The summed E-state index contributed by atoms with van der Waals surface area (Å²) >= 11 is 0. The van der Waals surface area contributed by atoms with E-state index >= 15 is 0 Å². The molecule has 3 nitrogen and oxygen atoms in total. The fourth-order valence-electron chi connectivity index (χ4n) is 3.20. The summed E-state index contributed by atoms with van der Waals surface area (Å²) in [5.41, 5.74) is 0. The SMILES string of the molecule is C=CC(C)CC(C)OC(=O)OC(C)C(CCCC)CCCCCCC. The Labute approximate surface area is 156 Å². The first kappa shape index (κ1) is 24.0. The fraction of sp³-hybridized carbons (Fsp3) is 0.864. The molecule has 0 aliphatic carbocycles. The molecule has 3 heteroatoms. The third-order valence-corrected chi connectivity index (χ3v) is 4.96. The number of hydrogen-bond donors (Lipinski definition) is 0. The summed E-state index contributed by atoms with van der Waals surface area (Å²) in [5, 5.41) is 0. The van der Waals surface area contributed by atoms with Crippen LogP contribution in [0.4, 0.5) is 4.79 Å². The van der Waals surface area contributed by atoms with Gasteiger partial charge in [0, 0.05) is 0 Å². The second-order valence-corrected chi connectivity index (χ2v) is 7.56. The molecule has 0 amide bonds. The highest BCUT2D eigenvalue weighted by atomic mass is 16.7. The highest BCUT2D eigenvalue weighted by Gasteiger charge is 2.22. The zero-order valence-corrected chi connectivity index (χ0v) is 17.4. The summed E-state index contributed by atoms with van der Waals surface area (Å²) in [5.74, 6) is 0.775. The van der Waals surface area contributed by atoms with E-state index in [1.807, 2.05) is 19.9 Å². The third kappa shape index (κ3) is 12.9. The average molecular weight is 355 g/mol. The lowest BCUT2D eigenvalue weighted by Crippen LogP contribution is -2.27. The summed E-state index contributed by atoms with van der Waals surface area (Å²) in [4.78, 5) is 12.1. The van der Waals surface area contributed by atoms with Crippen molar-refractivity contribution in [1.82, 2.24) is 0 Å². The van der Waals surface area contributed by atoms with E-state index in [1.165, 1.54) is 44.9 Å². The molecular weight excluding hydrogens is 312 g/mol. The van der Waals surface area contributed by atoms with E-state index in [-0.39, 0.29) is 12.2 Å². The molecule has 0 heterocycles. The highest BCUT2D eigenvalue weighted by Crippen LogP contribution is 2.23. The summed E-state index contributed by atoms with van der Waals surface area (Å²) < 4.78 is 11.0. The smallest absolute Gasteiger partial charge is 0.431 e. The molecule has 0 saturated heterocycles. The van der Waals surface area contributed by atoms with Gasteiger partial charge in [0.2, 0.25) is 0 Å². The number of allylic oxidation sites excluding steroid dienone is 1. The Kier molecular flexibility index (Phi) is 14.7. The first-order chi connectivity index (χ1) is 11.9. The maximum Gasteiger partial charge on any atom is 0.508 e. The first-order valence-electron chi connectivity index (χ1n) is 10.4. The van der Waals surface area contributed by atoms with Crippen LogP contribution in [-0.2, 0) is 9.47 Å². The molecule has 0 aromatic heterocycles. The van der Waals surface area contributed by atoms with Crippen LogP contribution in [0.25, 0.3) is 0 Å². The second kappa shape index (κ2) is 15.3. The van der Waals surface area contributed by atoms with Crippen LogP contribution in [0.3, 0.4) is 0 Å². The predicted octanol–water partition coefficient (Wildman–Crippen LogP) is 7.30. The van der Waals surface area contributed by atoms with Crippen molar-refractivity contribution in [2.75, 3.05) is 0 Å².